The van der Waals surface area contributed by atoms with Crippen LogP contribution in [0.3, 0.4) is 0 Å². The van der Waals surface area contributed by atoms with E-state index >= 15 is 0 Å². The van der Waals surface area contributed by atoms with Gasteiger partial charge in [0.15, 0.2) is 0 Å². The Morgan fingerprint density at radius 1 is 1.10 bits per heavy atom. The summed E-state index contributed by atoms with van der Waals surface area (Å²) in [4.78, 5) is 0. The van der Waals surface area contributed by atoms with Crippen LogP contribution in [0.5, 0.6) is 0 Å². The Morgan fingerprint density at radius 2 is 1.85 bits per heavy atom. The van der Waals surface area contributed by atoms with Gasteiger partial charge in [-0.25, -0.2) is 0 Å². The first kappa shape index (κ1) is 14.5. The monoisotopic (exact) mass is 274 g/mol. The Bertz CT molecular complexity index is 557. The van der Waals surface area contributed by atoms with E-state index in [0.717, 1.165) is 0 Å². The van der Waals surface area contributed by atoms with E-state index in [1.165, 1.54) is 11.1 Å². The van der Waals surface area contributed by atoms with Crippen molar-refractivity contribution in [3.8, 4) is 0 Å². The van der Waals surface area contributed by atoms with Gasteiger partial charge in [0.1, 0.15) is 0 Å². The molecular formula is C15H22N4O. The van der Waals surface area contributed by atoms with Crippen LogP contribution >= 0.6 is 0 Å². The van der Waals surface area contributed by atoms with Crippen LogP contribution in [-0.2, 0) is 13.1 Å². The number of hydrogen-bond acceptors (Lipinski definition) is 5. The third kappa shape index (κ3) is 4.35. The average Bonchev–Trinajstić information content (AvgIpc) is 2.83. The molecule has 0 aliphatic carbocycles. The van der Waals surface area contributed by atoms with Crippen molar-refractivity contribution in [1.82, 2.24) is 15.5 Å². The summed E-state index contributed by atoms with van der Waals surface area (Å²) in [6.45, 7) is 9.63. The zero-order valence-corrected chi connectivity index (χ0v) is 12.5. The number of anilines is 1. The normalized spacial score (nSPS) is 11.6. The van der Waals surface area contributed by atoms with E-state index in [1.807, 2.05) is 12.1 Å². The number of rotatable bonds is 5. The summed E-state index contributed by atoms with van der Waals surface area (Å²) in [7, 11) is 0. The summed E-state index contributed by atoms with van der Waals surface area (Å²) >= 11 is 0. The Hall–Kier alpha value is -1.88. The lowest BCUT2D eigenvalue weighted by molar-refractivity contribution is 0.383. The molecule has 0 radical (unpaired) electrons. The van der Waals surface area contributed by atoms with Gasteiger partial charge in [0.25, 0.3) is 0 Å². The van der Waals surface area contributed by atoms with Crippen LogP contribution in [0, 0.1) is 6.92 Å². The topological polar surface area (TPSA) is 63.0 Å². The minimum Gasteiger partial charge on any atom is -0.407 e. The summed E-state index contributed by atoms with van der Waals surface area (Å²) < 4.78 is 5.54. The molecule has 0 fully saturated rings. The molecular weight excluding hydrogens is 252 g/mol. The fourth-order valence-corrected chi connectivity index (χ4v) is 1.72. The lowest BCUT2D eigenvalue weighted by atomic mass is 10.1. The fourth-order valence-electron chi connectivity index (χ4n) is 1.72. The molecule has 2 N–H and O–H groups in total. The molecule has 0 saturated heterocycles. The molecule has 2 rings (SSSR count). The first-order valence-electron chi connectivity index (χ1n) is 6.80. The Kier molecular flexibility index (Phi) is 4.39. The second kappa shape index (κ2) is 6.05. The first-order chi connectivity index (χ1) is 9.44. The van der Waals surface area contributed by atoms with Crippen LogP contribution in [0.1, 0.15) is 37.8 Å². The molecule has 0 atom stereocenters. The molecule has 5 heteroatoms. The van der Waals surface area contributed by atoms with Crippen molar-refractivity contribution in [3.63, 3.8) is 0 Å². The predicted octanol–water partition coefficient (Wildman–Crippen LogP) is 2.88. The number of hydrogen-bond donors (Lipinski definition) is 2. The highest BCUT2D eigenvalue weighted by Gasteiger charge is 2.12. The van der Waals surface area contributed by atoms with E-state index in [0.29, 0.717) is 25.0 Å². The van der Waals surface area contributed by atoms with Crippen molar-refractivity contribution in [2.24, 2.45) is 0 Å². The highest BCUT2D eigenvalue weighted by atomic mass is 16.4. The maximum absolute atomic E-state index is 5.54. The van der Waals surface area contributed by atoms with Crippen LogP contribution in [0.15, 0.2) is 28.7 Å². The van der Waals surface area contributed by atoms with Crippen molar-refractivity contribution in [1.29, 1.82) is 0 Å². The lowest BCUT2D eigenvalue weighted by Crippen LogP contribution is -2.35. The van der Waals surface area contributed by atoms with Gasteiger partial charge in [-0.3, -0.25) is 0 Å². The van der Waals surface area contributed by atoms with Crippen LogP contribution in [0.2, 0.25) is 0 Å². The predicted molar refractivity (Wildman–Crippen MR) is 79.4 cm³/mol. The molecule has 0 amide bonds. The fraction of sp³-hybridized carbons (Fsp3) is 0.467. The third-order valence-corrected chi connectivity index (χ3v) is 2.93. The molecule has 0 saturated carbocycles. The Labute approximate surface area is 119 Å². The number of nitrogens with zero attached hydrogens (tertiary/aromatic N) is 2. The largest absolute Gasteiger partial charge is 0.407 e. The van der Waals surface area contributed by atoms with E-state index in [2.05, 4.69) is 60.7 Å². The molecule has 2 aromatic rings. The van der Waals surface area contributed by atoms with Crippen molar-refractivity contribution >= 4 is 6.01 Å². The molecule has 108 valence electrons. The Balaban J connectivity index is 1.89. The average molecular weight is 274 g/mol. The van der Waals surface area contributed by atoms with Gasteiger partial charge in [0.2, 0.25) is 5.89 Å². The lowest BCUT2D eigenvalue weighted by Gasteiger charge is -2.18. The quantitative estimate of drug-likeness (QED) is 0.877. The van der Waals surface area contributed by atoms with Crippen LogP contribution < -0.4 is 10.6 Å². The minimum absolute atomic E-state index is 0.0310. The van der Waals surface area contributed by atoms with Gasteiger partial charge in [-0.05, 0) is 38.8 Å². The Morgan fingerprint density at radius 3 is 2.55 bits per heavy atom. The standard InChI is InChI=1S/C15H22N4O/c1-11-7-5-6-8-12(11)9-16-14-19-18-13(20-14)10-17-15(2,3)4/h5-8,17H,9-10H2,1-4H3,(H,16,19). The molecule has 1 aromatic carbocycles. The summed E-state index contributed by atoms with van der Waals surface area (Å²) in [6.07, 6.45) is 0. The van der Waals surface area contributed by atoms with E-state index in [9.17, 15) is 0 Å². The van der Waals surface area contributed by atoms with E-state index in [4.69, 9.17) is 4.42 Å². The summed E-state index contributed by atoms with van der Waals surface area (Å²) in [5.41, 5.74) is 2.50. The molecule has 20 heavy (non-hydrogen) atoms. The highest BCUT2D eigenvalue weighted by molar-refractivity contribution is 5.29. The minimum atomic E-state index is 0.0310. The zero-order valence-electron chi connectivity index (χ0n) is 12.5. The van der Waals surface area contributed by atoms with Gasteiger partial charge in [0.05, 0.1) is 6.54 Å². The summed E-state index contributed by atoms with van der Waals surface area (Å²) in [5.74, 6) is 0.590. The van der Waals surface area contributed by atoms with Crippen molar-refractivity contribution in [2.75, 3.05) is 5.32 Å². The second-order valence-corrected chi connectivity index (χ2v) is 5.88. The molecule has 0 aliphatic rings. The second-order valence-electron chi connectivity index (χ2n) is 5.88. The van der Waals surface area contributed by atoms with E-state index < -0.39 is 0 Å². The smallest absolute Gasteiger partial charge is 0.315 e. The molecule has 0 unspecified atom stereocenters. The van der Waals surface area contributed by atoms with E-state index in [1.54, 1.807) is 0 Å². The highest BCUT2D eigenvalue weighted by Crippen LogP contribution is 2.11. The van der Waals surface area contributed by atoms with Gasteiger partial charge < -0.3 is 15.1 Å². The molecule has 1 aromatic heterocycles. The van der Waals surface area contributed by atoms with Crippen molar-refractivity contribution in [2.45, 2.75) is 46.3 Å². The molecule has 1 heterocycles. The van der Waals surface area contributed by atoms with Gasteiger partial charge in [-0.1, -0.05) is 29.4 Å². The number of nitrogens with one attached hydrogen (secondary N) is 2. The maximum atomic E-state index is 5.54. The van der Waals surface area contributed by atoms with E-state index in [-0.39, 0.29) is 5.54 Å². The molecule has 5 nitrogen and oxygen atoms in total. The number of benzene rings is 1. The third-order valence-electron chi connectivity index (χ3n) is 2.93. The first-order valence-corrected chi connectivity index (χ1v) is 6.80. The summed E-state index contributed by atoms with van der Waals surface area (Å²) in [5, 5.41) is 14.5. The zero-order chi connectivity index (χ0) is 14.6. The number of aromatic nitrogens is 2. The molecule has 0 aliphatic heterocycles. The maximum Gasteiger partial charge on any atom is 0.315 e. The van der Waals surface area contributed by atoms with Gasteiger partial charge in [0, 0.05) is 12.1 Å². The van der Waals surface area contributed by atoms with Crippen molar-refractivity contribution < 1.29 is 4.42 Å². The van der Waals surface area contributed by atoms with Gasteiger partial charge in [-0.15, -0.1) is 5.10 Å². The van der Waals surface area contributed by atoms with Crippen molar-refractivity contribution in [3.05, 3.63) is 41.3 Å². The van der Waals surface area contributed by atoms with Gasteiger partial charge >= 0.3 is 6.01 Å². The van der Waals surface area contributed by atoms with Crippen LogP contribution in [0.4, 0.5) is 6.01 Å². The van der Waals surface area contributed by atoms with Gasteiger partial charge in [-0.2, -0.15) is 0 Å². The number of aryl methyl sites for hydroxylation is 1. The molecule has 0 spiro atoms. The molecule has 0 bridgehead atoms. The summed E-state index contributed by atoms with van der Waals surface area (Å²) in [6, 6.07) is 8.68. The van der Waals surface area contributed by atoms with Crippen LogP contribution in [-0.4, -0.2) is 15.7 Å². The van der Waals surface area contributed by atoms with Crippen LogP contribution in [0.25, 0.3) is 0 Å². The SMILES string of the molecule is Cc1ccccc1CNc1nnc(CNC(C)(C)C)o1.